The fraction of sp³-hybridized carbons (Fsp3) is 0.481. The molecule has 2 nitrogen and oxygen atoms in total. The van der Waals surface area contributed by atoms with Gasteiger partial charge in [0.05, 0.1) is 0 Å². The minimum absolute atomic E-state index is 0.0846. The Morgan fingerprint density at radius 3 is 2.10 bits per heavy atom. The summed E-state index contributed by atoms with van der Waals surface area (Å²) in [5, 5.41) is 0. The molecular weight excluding hydrogens is 356 g/mol. The Kier molecular flexibility index (Phi) is 4.25. The predicted octanol–water partition coefficient (Wildman–Crippen LogP) is 6.05. The van der Waals surface area contributed by atoms with E-state index in [0.29, 0.717) is 0 Å². The zero-order valence-corrected chi connectivity index (χ0v) is 18.7. The van der Waals surface area contributed by atoms with Gasteiger partial charge in [-0.3, -0.25) is 9.59 Å². The molecule has 29 heavy (non-hydrogen) atoms. The van der Waals surface area contributed by atoms with Gasteiger partial charge in [0, 0.05) is 17.8 Å². The normalized spacial score (nSPS) is 33.1. The van der Waals surface area contributed by atoms with Gasteiger partial charge in [-0.15, -0.1) is 0 Å². The quantitative estimate of drug-likeness (QED) is 0.433. The second-order valence-corrected chi connectivity index (χ2v) is 11.0. The van der Waals surface area contributed by atoms with Crippen molar-refractivity contribution in [2.45, 2.75) is 48.5 Å². The number of fused-ring (bicyclic) bond motifs is 4. The molecule has 0 heterocycles. The zero-order valence-electron chi connectivity index (χ0n) is 18.7. The van der Waals surface area contributed by atoms with Gasteiger partial charge in [0.25, 0.3) is 0 Å². The van der Waals surface area contributed by atoms with Crippen LogP contribution in [0.1, 0.15) is 54.0 Å². The number of rotatable bonds is 1. The van der Waals surface area contributed by atoms with Crippen LogP contribution in [0.5, 0.6) is 0 Å². The van der Waals surface area contributed by atoms with E-state index in [1.165, 1.54) is 5.57 Å². The summed E-state index contributed by atoms with van der Waals surface area (Å²) in [5.41, 5.74) is 3.00. The van der Waals surface area contributed by atoms with Crippen LogP contribution in [0, 0.1) is 34.0 Å². The largest absolute Gasteiger partial charge is 0.298 e. The summed E-state index contributed by atoms with van der Waals surface area (Å²) in [4.78, 5) is 27.8. The van der Waals surface area contributed by atoms with E-state index in [4.69, 9.17) is 0 Å². The van der Waals surface area contributed by atoms with Crippen molar-refractivity contribution in [1.82, 2.24) is 0 Å². The first kappa shape index (κ1) is 20.1. The highest BCUT2D eigenvalue weighted by molar-refractivity contribution is 6.18. The van der Waals surface area contributed by atoms with E-state index < -0.39 is 10.8 Å². The summed E-state index contributed by atoms with van der Waals surface area (Å²) in [5.74, 6) is -0.327. The van der Waals surface area contributed by atoms with Gasteiger partial charge >= 0.3 is 0 Å². The third-order valence-corrected chi connectivity index (χ3v) is 7.35. The molecule has 2 heteroatoms. The Bertz CT molecular complexity index is 976. The molecule has 0 unspecified atom stereocenters. The molecule has 1 aromatic rings. The monoisotopic (exact) mass is 388 g/mol. The lowest BCUT2D eigenvalue weighted by Gasteiger charge is -2.45. The highest BCUT2D eigenvalue weighted by atomic mass is 16.2. The van der Waals surface area contributed by atoms with Crippen molar-refractivity contribution in [3.05, 3.63) is 65.3 Å². The molecule has 3 aliphatic rings. The van der Waals surface area contributed by atoms with E-state index in [-0.39, 0.29) is 34.7 Å². The molecule has 0 radical (unpaired) electrons. The maximum atomic E-state index is 13.9. The van der Waals surface area contributed by atoms with Crippen LogP contribution in [0.2, 0.25) is 0 Å². The van der Waals surface area contributed by atoms with Gasteiger partial charge in [0.2, 0.25) is 0 Å². The van der Waals surface area contributed by atoms with Crippen LogP contribution in [0.3, 0.4) is 0 Å². The van der Waals surface area contributed by atoms with E-state index >= 15 is 0 Å². The smallest absolute Gasteiger partial charge is 0.158 e. The molecule has 1 aromatic carbocycles. The Balaban J connectivity index is 1.94. The third-order valence-electron chi connectivity index (χ3n) is 7.35. The number of hydrogen-bond donors (Lipinski definition) is 0. The molecule has 4 rings (SSSR count). The predicted molar refractivity (Wildman–Crippen MR) is 118 cm³/mol. The average Bonchev–Trinajstić information content (AvgIpc) is 3.16. The molecule has 1 saturated carbocycles. The van der Waals surface area contributed by atoms with E-state index in [2.05, 4.69) is 58.1 Å². The summed E-state index contributed by atoms with van der Waals surface area (Å²) in [7, 11) is 0. The Morgan fingerprint density at radius 1 is 0.931 bits per heavy atom. The van der Waals surface area contributed by atoms with Gasteiger partial charge in [0.1, 0.15) is 5.41 Å². The van der Waals surface area contributed by atoms with E-state index in [0.717, 1.165) is 16.7 Å². The first-order chi connectivity index (χ1) is 13.4. The number of allylic oxidation sites excluding steroid dienone is 6. The van der Waals surface area contributed by atoms with Crippen LogP contribution in [-0.4, -0.2) is 11.6 Å². The maximum Gasteiger partial charge on any atom is 0.158 e. The zero-order chi connectivity index (χ0) is 21.4. The molecule has 0 N–H and O–H groups in total. The standard InChI is InChI=1S/C27H32O2/c1-16(17-11-9-8-10-12-17)18-13-14-19-21(18)22-20(25(2,3)4)15-27(23(19)28,24(22)29)26(5,6)7/h8-15,19,21-22H,1-7H3/b18-16+/t19-,21+,22+,27+/m1/s1. The summed E-state index contributed by atoms with van der Waals surface area (Å²) in [6, 6.07) is 10.3. The van der Waals surface area contributed by atoms with Crippen LogP contribution in [-0.2, 0) is 9.59 Å². The van der Waals surface area contributed by atoms with E-state index in [1.807, 2.05) is 39.0 Å². The highest BCUT2D eigenvalue weighted by Gasteiger charge is 2.68. The molecule has 0 spiro atoms. The van der Waals surface area contributed by atoms with Gasteiger partial charge < -0.3 is 0 Å². The van der Waals surface area contributed by atoms with Crippen molar-refractivity contribution in [2.24, 2.45) is 34.0 Å². The molecule has 4 atom stereocenters. The molecule has 152 valence electrons. The first-order valence-corrected chi connectivity index (χ1v) is 10.7. The summed E-state index contributed by atoms with van der Waals surface area (Å²) >= 11 is 0. The maximum absolute atomic E-state index is 13.9. The Hall–Kier alpha value is -2.22. The van der Waals surface area contributed by atoms with Gasteiger partial charge in [-0.25, -0.2) is 0 Å². The number of benzene rings is 1. The minimum atomic E-state index is -1.01. The number of Topliss-reactive ketones (excluding diaryl/α,β-unsaturated/α-hetero) is 2. The van der Waals surface area contributed by atoms with E-state index in [9.17, 15) is 9.59 Å². The number of ketones is 2. The molecule has 2 bridgehead atoms. The van der Waals surface area contributed by atoms with E-state index in [1.54, 1.807) is 0 Å². The van der Waals surface area contributed by atoms with Gasteiger partial charge in [-0.2, -0.15) is 0 Å². The fourth-order valence-electron chi connectivity index (χ4n) is 5.73. The van der Waals surface area contributed by atoms with Crippen LogP contribution in [0.25, 0.3) is 5.57 Å². The summed E-state index contributed by atoms with van der Waals surface area (Å²) in [6.45, 7) is 14.7. The molecule has 3 aliphatic carbocycles. The molecule has 0 amide bonds. The molecule has 0 saturated heterocycles. The molecule has 0 aromatic heterocycles. The average molecular weight is 389 g/mol. The second kappa shape index (κ2) is 6.14. The summed E-state index contributed by atoms with van der Waals surface area (Å²) < 4.78 is 0. The van der Waals surface area contributed by atoms with Crippen LogP contribution >= 0.6 is 0 Å². The van der Waals surface area contributed by atoms with Crippen molar-refractivity contribution in [2.75, 3.05) is 0 Å². The van der Waals surface area contributed by atoms with Crippen molar-refractivity contribution >= 4 is 17.1 Å². The second-order valence-electron chi connectivity index (χ2n) is 11.0. The lowest BCUT2D eigenvalue weighted by molar-refractivity contribution is -0.152. The summed E-state index contributed by atoms with van der Waals surface area (Å²) in [6.07, 6.45) is 6.25. The van der Waals surface area contributed by atoms with Crippen LogP contribution in [0.4, 0.5) is 0 Å². The van der Waals surface area contributed by atoms with Gasteiger partial charge in [-0.05, 0) is 34.5 Å². The SMILES string of the molecule is C/C(=C1/C=C[C@H]2C(=O)[C@@]3(C(C)(C)C)C=C(C(C)(C)C)[C@H](C3=O)[C@@H]12)c1ccccc1. The van der Waals surface area contributed by atoms with Crippen LogP contribution < -0.4 is 0 Å². The topological polar surface area (TPSA) is 34.1 Å². The molecule has 1 fully saturated rings. The van der Waals surface area contributed by atoms with Gasteiger partial charge in [0.15, 0.2) is 11.6 Å². The van der Waals surface area contributed by atoms with Crippen molar-refractivity contribution < 1.29 is 9.59 Å². The fourth-order valence-corrected chi connectivity index (χ4v) is 5.73. The van der Waals surface area contributed by atoms with Crippen molar-refractivity contribution in [1.29, 1.82) is 0 Å². The molecular formula is C27H32O2. The van der Waals surface area contributed by atoms with Crippen molar-refractivity contribution in [3.8, 4) is 0 Å². The third kappa shape index (κ3) is 2.61. The number of carbonyl (C=O) groups is 2. The van der Waals surface area contributed by atoms with Gasteiger partial charge in [-0.1, -0.05) is 95.7 Å². The van der Waals surface area contributed by atoms with Crippen molar-refractivity contribution in [3.63, 3.8) is 0 Å². The lowest BCUT2D eigenvalue weighted by Crippen LogP contribution is -2.56. The number of hydrogen-bond acceptors (Lipinski definition) is 2. The molecule has 0 aliphatic heterocycles. The Morgan fingerprint density at radius 2 is 1.55 bits per heavy atom. The lowest BCUT2D eigenvalue weighted by atomic mass is 9.54. The first-order valence-electron chi connectivity index (χ1n) is 10.7. The van der Waals surface area contributed by atoms with Crippen LogP contribution in [0.15, 0.2) is 59.7 Å². The Labute approximate surface area is 174 Å². The number of carbonyl (C=O) groups excluding carboxylic acids is 2. The highest BCUT2D eigenvalue weighted by Crippen LogP contribution is 2.63. The minimum Gasteiger partial charge on any atom is -0.298 e.